The van der Waals surface area contributed by atoms with E-state index in [2.05, 4.69) is 25.1 Å². The molecule has 25 heavy (non-hydrogen) atoms. The molecular formula is C13H10F3N7O2. The highest BCUT2D eigenvalue weighted by molar-refractivity contribution is 6.05. The van der Waals surface area contributed by atoms with Crippen molar-refractivity contribution in [1.29, 1.82) is 5.41 Å². The number of halogens is 3. The van der Waals surface area contributed by atoms with E-state index in [1.807, 2.05) is 0 Å². The van der Waals surface area contributed by atoms with Gasteiger partial charge in [-0.05, 0) is 23.4 Å². The second-order valence-electron chi connectivity index (χ2n) is 4.90. The number of hydrogen-bond donors (Lipinski definition) is 2. The van der Waals surface area contributed by atoms with Crippen molar-refractivity contribution in [2.75, 3.05) is 5.06 Å². The Balaban J connectivity index is 1.85. The quantitative estimate of drug-likeness (QED) is 0.418. The fourth-order valence-electron chi connectivity index (χ4n) is 2.01. The van der Waals surface area contributed by atoms with Crippen molar-refractivity contribution in [2.45, 2.75) is 12.7 Å². The molecule has 12 heteroatoms. The van der Waals surface area contributed by atoms with Crippen molar-refractivity contribution in [1.82, 2.24) is 25.1 Å². The van der Waals surface area contributed by atoms with Gasteiger partial charge in [0.25, 0.3) is 0 Å². The molecule has 0 atom stereocenters. The molecule has 0 aliphatic carbocycles. The van der Waals surface area contributed by atoms with Gasteiger partial charge in [-0.3, -0.25) is 10.6 Å². The number of hydrogen-bond acceptors (Lipinski definition) is 7. The average molecular weight is 353 g/mol. The third-order valence-electron chi connectivity index (χ3n) is 3.21. The number of hydroxylamine groups is 1. The molecule has 0 unspecified atom stereocenters. The van der Waals surface area contributed by atoms with E-state index in [9.17, 15) is 18.4 Å². The maximum Gasteiger partial charge on any atom is 0.416 e. The fourth-order valence-corrected chi connectivity index (χ4v) is 2.01. The first kappa shape index (κ1) is 16.6. The fraction of sp³-hybridized carbons (Fsp3) is 0.154. The van der Waals surface area contributed by atoms with E-state index in [1.165, 1.54) is 23.3 Å². The van der Waals surface area contributed by atoms with Gasteiger partial charge in [0.05, 0.1) is 17.8 Å². The average Bonchev–Trinajstić information content (AvgIpc) is 3.25. The molecule has 3 rings (SSSR count). The largest absolute Gasteiger partial charge is 0.416 e. The van der Waals surface area contributed by atoms with Crippen LogP contribution in [-0.2, 0) is 12.7 Å². The monoisotopic (exact) mass is 353 g/mol. The lowest BCUT2D eigenvalue weighted by molar-refractivity contribution is -0.137. The zero-order valence-corrected chi connectivity index (χ0v) is 12.3. The van der Waals surface area contributed by atoms with E-state index in [-0.39, 0.29) is 28.7 Å². The first-order valence-electron chi connectivity index (χ1n) is 6.75. The van der Waals surface area contributed by atoms with Crippen molar-refractivity contribution < 1.29 is 23.0 Å². The van der Waals surface area contributed by atoms with Crippen molar-refractivity contribution in [2.24, 2.45) is 0 Å². The van der Waals surface area contributed by atoms with Gasteiger partial charge in [-0.2, -0.15) is 13.2 Å². The molecule has 1 aromatic carbocycles. The minimum Gasteiger partial charge on any atom is -0.314 e. The maximum absolute atomic E-state index is 12.8. The van der Waals surface area contributed by atoms with Crippen molar-refractivity contribution >= 4 is 11.5 Å². The van der Waals surface area contributed by atoms with E-state index >= 15 is 0 Å². The second-order valence-corrected chi connectivity index (χ2v) is 4.90. The maximum atomic E-state index is 12.8. The zero-order valence-electron chi connectivity index (χ0n) is 12.3. The lowest BCUT2D eigenvalue weighted by Gasteiger charge is -2.17. The van der Waals surface area contributed by atoms with Gasteiger partial charge in [-0.15, -0.1) is 10.2 Å². The van der Waals surface area contributed by atoms with Crippen LogP contribution in [0.25, 0.3) is 0 Å². The summed E-state index contributed by atoms with van der Waals surface area (Å²) in [6, 6.07) is 3.90. The summed E-state index contributed by atoms with van der Waals surface area (Å²) in [5, 5.41) is 32.7. The van der Waals surface area contributed by atoms with Crippen LogP contribution in [0, 0.1) is 5.41 Å². The van der Waals surface area contributed by atoms with Crippen molar-refractivity contribution in [3.05, 3.63) is 53.9 Å². The molecule has 2 heterocycles. The van der Waals surface area contributed by atoms with Crippen LogP contribution in [0.4, 0.5) is 18.9 Å². The molecule has 0 saturated carbocycles. The summed E-state index contributed by atoms with van der Waals surface area (Å²) in [5.74, 6) is -0.594. The van der Waals surface area contributed by atoms with Crippen LogP contribution < -0.4 is 5.06 Å². The molecule has 2 N–H and O–H groups in total. The van der Waals surface area contributed by atoms with Gasteiger partial charge in [-0.25, -0.2) is 9.69 Å². The first-order valence-corrected chi connectivity index (χ1v) is 6.75. The van der Waals surface area contributed by atoms with Crippen LogP contribution in [0.15, 0.2) is 41.5 Å². The van der Waals surface area contributed by atoms with Gasteiger partial charge in [0.15, 0.2) is 11.5 Å². The topological polar surface area (TPSA) is 117 Å². The number of amidine groups is 1. The predicted molar refractivity (Wildman–Crippen MR) is 76.0 cm³/mol. The van der Waals surface area contributed by atoms with E-state index in [1.54, 1.807) is 0 Å². The molecule has 0 amide bonds. The molecule has 9 nitrogen and oxygen atoms in total. The van der Waals surface area contributed by atoms with Crippen LogP contribution in [0.2, 0.25) is 0 Å². The second kappa shape index (κ2) is 6.32. The molecule has 2 aromatic heterocycles. The zero-order chi connectivity index (χ0) is 18.0. The molecule has 0 saturated heterocycles. The van der Waals surface area contributed by atoms with Crippen LogP contribution in [-0.4, -0.2) is 36.1 Å². The van der Waals surface area contributed by atoms with Crippen LogP contribution in [0.1, 0.15) is 17.0 Å². The Hall–Kier alpha value is -3.28. The molecular weight excluding hydrogens is 343 g/mol. The van der Waals surface area contributed by atoms with E-state index < -0.39 is 17.6 Å². The van der Waals surface area contributed by atoms with E-state index in [0.29, 0.717) is 6.07 Å². The molecule has 3 aromatic rings. The van der Waals surface area contributed by atoms with E-state index in [0.717, 1.165) is 12.1 Å². The van der Waals surface area contributed by atoms with Crippen molar-refractivity contribution in [3.63, 3.8) is 0 Å². The normalized spacial score (nSPS) is 11.5. The van der Waals surface area contributed by atoms with Gasteiger partial charge in [-0.1, -0.05) is 11.2 Å². The Morgan fingerprint density at radius 2 is 1.96 bits per heavy atom. The smallest absolute Gasteiger partial charge is 0.314 e. The number of aromatic nitrogens is 5. The summed E-state index contributed by atoms with van der Waals surface area (Å²) in [5.41, 5.74) is -1.16. The lowest BCUT2D eigenvalue weighted by atomic mass is 10.2. The third-order valence-corrected chi connectivity index (χ3v) is 3.21. The summed E-state index contributed by atoms with van der Waals surface area (Å²) in [7, 11) is 0. The summed E-state index contributed by atoms with van der Waals surface area (Å²) in [6.07, 6.45) is -1.79. The molecule has 0 radical (unpaired) electrons. The summed E-state index contributed by atoms with van der Waals surface area (Å²) in [4.78, 5) is 0. The van der Waals surface area contributed by atoms with Crippen LogP contribution >= 0.6 is 0 Å². The summed E-state index contributed by atoms with van der Waals surface area (Å²) < 4.78 is 44.4. The van der Waals surface area contributed by atoms with Crippen LogP contribution in [0.3, 0.4) is 0 Å². The Morgan fingerprint density at radius 3 is 2.64 bits per heavy atom. The number of benzene rings is 1. The number of nitrogens with zero attached hydrogens (tertiary/aromatic N) is 6. The predicted octanol–water partition coefficient (Wildman–Crippen LogP) is 1.95. The Morgan fingerprint density at radius 1 is 1.24 bits per heavy atom. The number of nitrogens with one attached hydrogen (secondary N) is 1. The highest BCUT2D eigenvalue weighted by Crippen LogP contribution is 2.31. The molecule has 0 fully saturated rings. The molecule has 0 bridgehead atoms. The molecule has 0 spiro atoms. The van der Waals surface area contributed by atoms with E-state index in [4.69, 9.17) is 5.41 Å². The Bertz CT molecular complexity index is 876. The van der Waals surface area contributed by atoms with Crippen LogP contribution in [0.5, 0.6) is 0 Å². The molecule has 0 aliphatic heterocycles. The molecule has 0 aliphatic rings. The highest BCUT2D eigenvalue weighted by Gasteiger charge is 2.31. The van der Waals surface area contributed by atoms with Gasteiger partial charge in [0, 0.05) is 0 Å². The number of rotatable bonds is 4. The highest BCUT2D eigenvalue weighted by atomic mass is 19.4. The Labute approximate surface area is 137 Å². The SMILES string of the molecule is N=C(c1nonc1Cn1cnnc1)N(O)c1cccc(C(F)(F)F)c1. The summed E-state index contributed by atoms with van der Waals surface area (Å²) in [6.45, 7) is 0.102. The number of alkyl halides is 3. The number of anilines is 1. The molecule has 130 valence electrons. The summed E-state index contributed by atoms with van der Waals surface area (Å²) >= 11 is 0. The first-order chi connectivity index (χ1) is 11.9. The van der Waals surface area contributed by atoms with Gasteiger partial charge < -0.3 is 4.57 Å². The lowest BCUT2D eigenvalue weighted by Crippen LogP contribution is -2.29. The van der Waals surface area contributed by atoms with Gasteiger partial charge >= 0.3 is 6.18 Å². The van der Waals surface area contributed by atoms with Gasteiger partial charge in [0.1, 0.15) is 18.3 Å². The van der Waals surface area contributed by atoms with Gasteiger partial charge in [0.2, 0.25) is 0 Å². The standard InChI is InChI=1S/C13H10F3N7O2/c14-13(15,16)8-2-1-3-9(4-8)23(24)12(17)11-10(20-25-21-11)5-22-6-18-19-7-22/h1-4,6-7,17,24H,5H2. The Kier molecular flexibility index (Phi) is 4.19. The van der Waals surface area contributed by atoms with Crippen molar-refractivity contribution in [3.8, 4) is 0 Å². The third kappa shape index (κ3) is 3.47. The minimum absolute atomic E-state index is 0.102. The minimum atomic E-state index is -4.58.